The van der Waals surface area contributed by atoms with Crippen LogP contribution >= 0.6 is 23.2 Å². The van der Waals surface area contributed by atoms with Crippen molar-refractivity contribution in [3.63, 3.8) is 0 Å². The maximum Gasteiger partial charge on any atom is 0.253 e. The second kappa shape index (κ2) is 4.63. The lowest BCUT2D eigenvalue weighted by Crippen LogP contribution is -2.34. The number of nitrogens with one attached hydrogen (secondary N) is 1. The summed E-state index contributed by atoms with van der Waals surface area (Å²) >= 11 is 11.7. The molecule has 0 unspecified atom stereocenters. The number of hydrogen-bond acceptors (Lipinski definition) is 3. The van der Waals surface area contributed by atoms with Gasteiger partial charge in [0.1, 0.15) is 4.90 Å². The molecular weight excluding hydrogens is 311 g/mol. The van der Waals surface area contributed by atoms with Gasteiger partial charge in [-0.05, 0) is 31.9 Å². The summed E-state index contributed by atoms with van der Waals surface area (Å²) in [6.45, 7) is 1.89. The van der Waals surface area contributed by atoms with Crippen LogP contribution in [0.2, 0.25) is 10.0 Å². The Hall–Kier alpha value is -0.820. The first-order valence-electron chi connectivity index (χ1n) is 5.47. The van der Waals surface area contributed by atoms with E-state index in [0.717, 1.165) is 18.9 Å². The zero-order valence-electron chi connectivity index (χ0n) is 10.0. The predicted octanol–water partition coefficient (Wildman–Crippen LogP) is 1.92. The van der Waals surface area contributed by atoms with Crippen LogP contribution in [0.25, 0.3) is 0 Å². The minimum Gasteiger partial charge on any atom is -0.347 e. The molecule has 0 bridgehead atoms. The number of rotatable bonds is 3. The lowest BCUT2D eigenvalue weighted by molar-refractivity contribution is 0.0935. The van der Waals surface area contributed by atoms with Gasteiger partial charge >= 0.3 is 0 Å². The maximum atomic E-state index is 12.1. The number of primary sulfonamides is 1. The second-order valence-electron chi connectivity index (χ2n) is 4.83. The Morgan fingerprint density at radius 3 is 2.42 bits per heavy atom. The van der Waals surface area contributed by atoms with E-state index < -0.39 is 15.9 Å². The van der Waals surface area contributed by atoms with Crippen LogP contribution in [0.3, 0.4) is 0 Å². The number of sulfonamides is 1. The SMILES string of the molecule is CC1(NC(=O)c2cc(Cl)cc(S(N)(=O)=O)c2Cl)CC1. The fourth-order valence-corrected chi connectivity index (χ4v) is 3.04. The summed E-state index contributed by atoms with van der Waals surface area (Å²) in [7, 11) is -4.04. The summed E-state index contributed by atoms with van der Waals surface area (Å²) in [4.78, 5) is 11.7. The summed E-state index contributed by atoms with van der Waals surface area (Å²) in [6, 6.07) is 2.44. The van der Waals surface area contributed by atoms with E-state index in [1.807, 2.05) is 6.92 Å². The number of hydrogen-bond donors (Lipinski definition) is 2. The first-order valence-corrected chi connectivity index (χ1v) is 7.77. The number of nitrogens with two attached hydrogens (primary N) is 1. The number of halogens is 2. The molecule has 3 N–H and O–H groups in total. The van der Waals surface area contributed by atoms with Gasteiger partial charge in [0.05, 0.1) is 10.6 Å². The quantitative estimate of drug-likeness (QED) is 0.890. The molecule has 0 aliphatic heterocycles. The summed E-state index contributed by atoms with van der Waals surface area (Å²) in [5.41, 5.74) is -0.240. The Morgan fingerprint density at radius 1 is 1.37 bits per heavy atom. The normalized spacial score (nSPS) is 17.1. The van der Waals surface area contributed by atoms with Gasteiger partial charge in [-0.15, -0.1) is 0 Å². The highest BCUT2D eigenvalue weighted by atomic mass is 35.5. The number of benzene rings is 1. The fraction of sp³-hybridized carbons (Fsp3) is 0.364. The Kier molecular flexibility index (Phi) is 3.55. The van der Waals surface area contributed by atoms with Crippen LogP contribution in [0.4, 0.5) is 0 Å². The average molecular weight is 323 g/mol. The third-order valence-corrected chi connectivity index (χ3v) is 4.64. The van der Waals surface area contributed by atoms with E-state index in [1.165, 1.54) is 6.07 Å². The molecule has 1 fully saturated rings. The largest absolute Gasteiger partial charge is 0.347 e. The summed E-state index contributed by atoms with van der Waals surface area (Å²) in [6.07, 6.45) is 1.75. The highest BCUT2D eigenvalue weighted by Crippen LogP contribution is 2.35. The standard InChI is InChI=1S/C11H12Cl2N2O3S/c1-11(2-3-11)15-10(16)7-4-6(12)5-8(9(7)13)19(14,17)18/h4-5H,2-3H2,1H3,(H,15,16)(H2,14,17,18). The van der Waals surface area contributed by atoms with E-state index in [-0.39, 0.29) is 26.0 Å². The molecule has 1 aromatic rings. The van der Waals surface area contributed by atoms with Crippen molar-refractivity contribution >= 4 is 39.1 Å². The molecule has 0 heterocycles. The second-order valence-corrected chi connectivity index (χ2v) is 7.17. The zero-order valence-corrected chi connectivity index (χ0v) is 12.4. The summed E-state index contributed by atoms with van der Waals surface area (Å²) in [5.74, 6) is -0.461. The molecule has 1 amide bonds. The van der Waals surface area contributed by atoms with Crippen molar-refractivity contribution in [3.8, 4) is 0 Å². The van der Waals surface area contributed by atoms with Gasteiger partial charge in [0.25, 0.3) is 5.91 Å². The molecule has 0 saturated heterocycles. The van der Waals surface area contributed by atoms with Crippen LogP contribution < -0.4 is 10.5 Å². The van der Waals surface area contributed by atoms with Gasteiger partial charge < -0.3 is 5.32 Å². The molecule has 5 nitrogen and oxygen atoms in total. The van der Waals surface area contributed by atoms with Crippen LogP contribution in [0.1, 0.15) is 30.1 Å². The number of carbonyl (C=O) groups is 1. The lowest BCUT2D eigenvalue weighted by Gasteiger charge is -2.14. The zero-order chi connectivity index (χ0) is 14.4. The third-order valence-electron chi connectivity index (χ3n) is 2.97. The molecule has 0 radical (unpaired) electrons. The van der Waals surface area contributed by atoms with Gasteiger partial charge in [-0.3, -0.25) is 4.79 Å². The molecule has 0 atom stereocenters. The van der Waals surface area contributed by atoms with E-state index in [0.29, 0.717) is 0 Å². The van der Waals surface area contributed by atoms with E-state index in [1.54, 1.807) is 0 Å². The highest BCUT2D eigenvalue weighted by Gasteiger charge is 2.39. The van der Waals surface area contributed by atoms with Gasteiger partial charge in [0, 0.05) is 10.6 Å². The Balaban J connectivity index is 2.46. The van der Waals surface area contributed by atoms with Gasteiger partial charge in [0.15, 0.2) is 0 Å². The third kappa shape index (κ3) is 3.20. The van der Waals surface area contributed by atoms with Crippen molar-refractivity contribution in [1.82, 2.24) is 5.32 Å². The first-order chi connectivity index (χ1) is 8.62. The maximum absolute atomic E-state index is 12.1. The molecule has 0 aromatic heterocycles. The van der Waals surface area contributed by atoms with E-state index >= 15 is 0 Å². The highest BCUT2D eigenvalue weighted by molar-refractivity contribution is 7.89. The summed E-state index contributed by atoms with van der Waals surface area (Å²) in [5, 5.41) is 7.68. The molecule has 0 spiro atoms. The number of amides is 1. The van der Waals surface area contributed by atoms with Gasteiger partial charge in [-0.25, -0.2) is 13.6 Å². The summed E-state index contributed by atoms with van der Waals surface area (Å²) < 4.78 is 22.8. The van der Waals surface area contributed by atoms with Crippen LogP contribution in [0.15, 0.2) is 17.0 Å². The van der Waals surface area contributed by atoms with Crippen molar-refractivity contribution in [2.45, 2.75) is 30.2 Å². The van der Waals surface area contributed by atoms with Crippen LogP contribution in [-0.4, -0.2) is 19.9 Å². The topological polar surface area (TPSA) is 89.3 Å². The Labute approximate surface area is 121 Å². The smallest absolute Gasteiger partial charge is 0.253 e. The molecule has 8 heteroatoms. The van der Waals surface area contributed by atoms with Crippen molar-refractivity contribution < 1.29 is 13.2 Å². The van der Waals surface area contributed by atoms with Crippen LogP contribution in [-0.2, 0) is 10.0 Å². The minimum absolute atomic E-state index is 0.00585. The predicted molar refractivity (Wildman–Crippen MR) is 72.9 cm³/mol. The molecule has 1 saturated carbocycles. The molecule has 104 valence electrons. The van der Waals surface area contributed by atoms with Crippen molar-refractivity contribution in [2.24, 2.45) is 5.14 Å². The molecule has 1 aliphatic rings. The molecule has 1 aliphatic carbocycles. The Bertz CT molecular complexity index is 654. The Morgan fingerprint density at radius 2 is 1.95 bits per heavy atom. The minimum atomic E-state index is -4.04. The van der Waals surface area contributed by atoms with Crippen molar-refractivity contribution in [2.75, 3.05) is 0 Å². The number of carbonyl (C=O) groups excluding carboxylic acids is 1. The van der Waals surface area contributed by atoms with Crippen LogP contribution in [0.5, 0.6) is 0 Å². The van der Waals surface area contributed by atoms with E-state index in [2.05, 4.69) is 5.32 Å². The van der Waals surface area contributed by atoms with Crippen molar-refractivity contribution in [3.05, 3.63) is 27.7 Å². The van der Waals surface area contributed by atoms with Gasteiger partial charge in [0.2, 0.25) is 10.0 Å². The first kappa shape index (κ1) is 14.6. The van der Waals surface area contributed by atoms with Gasteiger partial charge in [-0.1, -0.05) is 23.2 Å². The average Bonchev–Trinajstić information content (AvgIpc) is 2.97. The monoisotopic (exact) mass is 322 g/mol. The molecule has 19 heavy (non-hydrogen) atoms. The van der Waals surface area contributed by atoms with Crippen molar-refractivity contribution in [1.29, 1.82) is 0 Å². The van der Waals surface area contributed by atoms with E-state index in [4.69, 9.17) is 28.3 Å². The van der Waals surface area contributed by atoms with Crippen LogP contribution in [0, 0.1) is 0 Å². The van der Waals surface area contributed by atoms with Gasteiger partial charge in [-0.2, -0.15) is 0 Å². The molecular formula is C11H12Cl2N2O3S. The molecule has 1 aromatic carbocycles. The van der Waals surface area contributed by atoms with E-state index in [9.17, 15) is 13.2 Å². The lowest BCUT2D eigenvalue weighted by atomic mass is 10.2. The fourth-order valence-electron chi connectivity index (χ4n) is 1.59. The molecule has 2 rings (SSSR count).